The van der Waals surface area contributed by atoms with Crippen molar-refractivity contribution in [3.05, 3.63) is 0 Å². The Hall–Kier alpha value is -0.770. The fourth-order valence-electron chi connectivity index (χ4n) is 2.65. The van der Waals surface area contributed by atoms with E-state index in [2.05, 4.69) is 17.6 Å². The molecule has 92 valence electrons. The highest BCUT2D eigenvalue weighted by molar-refractivity contribution is 5.67. The average Bonchev–Trinajstić information content (AvgIpc) is 2.76. The van der Waals surface area contributed by atoms with Gasteiger partial charge in [-0.15, -0.1) is 0 Å². The zero-order valence-corrected chi connectivity index (χ0v) is 10.6. The summed E-state index contributed by atoms with van der Waals surface area (Å²) in [5.74, 6) is 0.748. The van der Waals surface area contributed by atoms with E-state index in [1.54, 1.807) is 0 Å². The Morgan fingerprint density at radius 2 is 2.25 bits per heavy atom. The van der Waals surface area contributed by atoms with Crippen LogP contribution in [0.2, 0.25) is 0 Å². The first-order valence-corrected chi connectivity index (χ1v) is 6.04. The van der Waals surface area contributed by atoms with Crippen molar-refractivity contribution < 1.29 is 9.53 Å². The molecule has 1 heterocycles. The summed E-state index contributed by atoms with van der Waals surface area (Å²) >= 11 is 0. The molecule has 4 nitrogen and oxygen atoms in total. The molecule has 0 aromatic carbocycles. The predicted octanol–water partition coefficient (Wildman–Crippen LogP) is 1.51. The Balaban J connectivity index is 1.78. The summed E-state index contributed by atoms with van der Waals surface area (Å²) in [6, 6.07) is 0.507. The van der Waals surface area contributed by atoms with Crippen LogP contribution in [0.5, 0.6) is 0 Å². The van der Waals surface area contributed by atoms with Gasteiger partial charge in [-0.25, -0.2) is 4.79 Å². The van der Waals surface area contributed by atoms with E-state index in [4.69, 9.17) is 4.74 Å². The van der Waals surface area contributed by atoms with E-state index in [0.29, 0.717) is 11.5 Å². The summed E-state index contributed by atoms with van der Waals surface area (Å²) in [4.78, 5) is 11.5. The molecule has 0 unspecified atom stereocenters. The lowest BCUT2D eigenvalue weighted by Gasteiger charge is -2.23. The predicted molar refractivity (Wildman–Crippen MR) is 62.2 cm³/mol. The molecule has 2 rings (SSSR count). The molecule has 0 bridgehead atoms. The topological polar surface area (TPSA) is 50.4 Å². The van der Waals surface area contributed by atoms with Crippen molar-refractivity contribution in [3.63, 3.8) is 0 Å². The minimum atomic E-state index is -0.412. The minimum Gasteiger partial charge on any atom is -0.444 e. The van der Waals surface area contributed by atoms with E-state index in [0.717, 1.165) is 19.0 Å². The van der Waals surface area contributed by atoms with E-state index in [-0.39, 0.29) is 6.09 Å². The van der Waals surface area contributed by atoms with Gasteiger partial charge in [0.15, 0.2) is 0 Å². The fraction of sp³-hybridized carbons (Fsp3) is 0.917. The van der Waals surface area contributed by atoms with Crippen LogP contribution in [0.4, 0.5) is 4.79 Å². The number of hydrogen-bond donors (Lipinski definition) is 2. The van der Waals surface area contributed by atoms with E-state index < -0.39 is 5.60 Å². The monoisotopic (exact) mass is 226 g/mol. The second-order valence-corrected chi connectivity index (χ2v) is 6.12. The molecule has 16 heavy (non-hydrogen) atoms. The molecule has 2 fully saturated rings. The van der Waals surface area contributed by atoms with Crippen molar-refractivity contribution in [1.82, 2.24) is 10.6 Å². The smallest absolute Gasteiger partial charge is 0.407 e. The molecule has 1 saturated carbocycles. The van der Waals surface area contributed by atoms with Gasteiger partial charge in [-0.1, -0.05) is 0 Å². The maximum atomic E-state index is 11.5. The van der Waals surface area contributed by atoms with E-state index in [1.807, 2.05) is 20.8 Å². The van der Waals surface area contributed by atoms with Crippen molar-refractivity contribution in [2.45, 2.75) is 45.8 Å². The van der Waals surface area contributed by atoms with Crippen molar-refractivity contribution in [2.75, 3.05) is 13.1 Å². The number of amides is 1. The number of fused-ring (bicyclic) bond motifs is 1. The van der Waals surface area contributed by atoms with Gasteiger partial charge in [0, 0.05) is 18.0 Å². The molecule has 2 aliphatic rings. The number of ether oxygens (including phenoxy) is 1. The summed E-state index contributed by atoms with van der Waals surface area (Å²) < 4.78 is 5.23. The van der Waals surface area contributed by atoms with Crippen LogP contribution >= 0.6 is 0 Å². The molecule has 1 aliphatic heterocycles. The van der Waals surface area contributed by atoms with Gasteiger partial charge in [-0.2, -0.15) is 0 Å². The second kappa shape index (κ2) is 3.62. The summed E-state index contributed by atoms with van der Waals surface area (Å²) in [6.45, 7) is 9.67. The number of carbonyl (C=O) groups excluding carboxylic acids is 1. The molecule has 0 aromatic heterocycles. The molecular weight excluding hydrogens is 204 g/mol. The third kappa shape index (κ3) is 2.17. The number of rotatable bonds is 2. The molecule has 2 N–H and O–H groups in total. The van der Waals surface area contributed by atoms with Gasteiger partial charge in [-0.3, -0.25) is 0 Å². The number of alkyl carbamates (subject to hydrolysis) is 1. The standard InChI is InChI=1S/C12H22N2O2/c1-8-12(5-9(12)6-13-8)7-14-10(15)16-11(2,3)4/h8-9,13H,5-7H2,1-4H3,(H,14,15)/t8-,9-,12-/m0/s1. The Morgan fingerprint density at radius 1 is 1.56 bits per heavy atom. The lowest BCUT2D eigenvalue weighted by Crippen LogP contribution is -2.40. The summed E-state index contributed by atoms with van der Waals surface area (Å²) in [5, 5.41) is 6.33. The highest BCUT2D eigenvalue weighted by atomic mass is 16.6. The Kier molecular flexibility index (Phi) is 2.65. The van der Waals surface area contributed by atoms with Crippen molar-refractivity contribution in [3.8, 4) is 0 Å². The molecule has 3 atom stereocenters. The number of piperidine rings is 1. The molecule has 4 heteroatoms. The first-order chi connectivity index (χ1) is 7.33. The zero-order chi connectivity index (χ0) is 12.0. The second-order valence-electron chi connectivity index (χ2n) is 6.12. The highest BCUT2D eigenvalue weighted by Gasteiger charge is 2.61. The molecule has 0 spiro atoms. The van der Waals surface area contributed by atoms with Crippen LogP contribution in [0.3, 0.4) is 0 Å². The number of carbonyl (C=O) groups is 1. The normalized spacial score (nSPS) is 36.8. The Morgan fingerprint density at radius 3 is 2.69 bits per heavy atom. The van der Waals surface area contributed by atoms with Crippen molar-refractivity contribution in [2.24, 2.45) is 11.3 Å². The van der Waals surface area contributed by atoms with Gasteiger partial charge in [-0.05, 0) is 46.6 Å². The molecule has 1 amide bonds. The van der Waals surface area contributed by atoms with E-state index in [9.17, 15) is 4.79 Å². The Labute approximate surface area is 97.1 Å². The van der Waals surface area contributed by atoms with Gasteiger partial charge in [0.2, 0.25) is 0 Å². The maximum absolute atomic E-state index is 11.5. The van der Waals surface area contributed by atoms with Crippen LogP contribution in [0.1, 0.15) is 34.1 Å². The number of nitrogens with one attached hydrogen (secondary N) is 2. The van der Waals surface area contributed by atoms with Crippen LogP contribution in [0, 0.1) is 11.3 Å². The van der Waals surface area contributed by atoms with Crippen LogP contribution in [-0.4, -0.2) is 30.8 Å². The fourth-order valence-corrected chi connectivity index (χ4v) is 2.65. The first kappa shape index (κ1) is 11.7. The number of hydrogen-bond acceptors (Lipinski definition) is 3. The van der Waals surface area contributed by atoms with Gasteiger partial charge in [0.05, 0.1) is 0 Å². The van der Waals surface area contributed by atoms with E-state index >= 15 is 0 Å². The molecule has 0 aromatic rings. The van der Waals surface area contributed by atoms with Gasteiger partial charge < -0.3 is 15.4 Å². The Bertz CT molecular complexity index is 298. The lowest BCUT2D eigenvalue weighted by molar-refractivity contribution is 0.0513. The minimum absolute atomic E-state index is 0.299. The lowest BCUT2D eigenvalue weighted by atomic mass is 9.98. The molecule has 1 aliphatic carbocycles. The maximum Gasteiger partial charge on any atom is 0.407 e. The van der Waals surface area contributed by atoms with Crippen LogP contribution in [0.25, 0.3) is 0 Å². The van der Waals surface area contributed by atoms with Crippen molar-refractivity contribution in [1.29, 1.82) is 0 Å². The molecule has 0 radical (unpaired) electrons. The zero-order valence-electron chi connectivity index (χ0n) is 10.6. The average molecular weight is 226 g/mol. The van der Waals surface area contributed by atoms with Gasteiger partial charge in [0.1, 0.15) is 5.60 Å². The van der Waals surface area contributed by atoms with Crippen LogP contribution in [-0.2, 0) is 4.74 Å². The summed E-state index contributed by atoms with van der Waals surface area (Å²) in [6.07, 6.45) is 0.934. The third-order valence-corrected chi connectivity index (χ3v) is 3.77. The van der Waals surface area contributed by atoms with Gasteiger partial charge in [0.25, 0.3) is 0 Å². The van der Waals surface area contributed by atoms with Gasteiger partial charge >= 0.3 is 6.09 Å². The third-order valence-electron chi connectivity index (χ3n) is 3.77. The van der Waals surface area contributed by atoms with Crippen LogP contribution < -0.4 is 10.6 Å². The summed E-state index contributed by atoms with van der Waals surface area (Å²) in [7, 11) is 0. The highest BCUT2D eigenvalue weighted by Crippen LogP contribution is 2.57. The quantitative estimate of drug-likeness (QED) is 0.750. The molecular formula is C12H22N2O2. The SMILES string of the molecule is C[C@@H]1NC[C@@H]2C[C@@]21CNC(=O)OC(C)(C)C. The summed E-state index contributed by atoms with van der Waals surface area (Å²) in [5.41, 5.74) is -0.110. The first-order valence-electron chi connectivity index (χ1n) is 6.04. The van der Waals surface area contributed by atoms with E-state index in [1.165, 1.54) is 6.42 Å². The van der Waals surface area contributed by atoms with Crippen molar-refractivity contribution >= 4 is 6.09 Å². The van der Waals surface area contributed by atoms with Crippen LogP contribution in [0.15, 0.2) is 0 Å². The largest absolute Gasteiger partial charge is 0.444 e. The molecule has 1 saturated heterocycles.